The fraction of sp³-hybridized carbons (Fsp3) is 0.533. The molecule has 96 valence electrons. The maximum absolute atomic E-state index is 11.6. The number of hydrogen-bond donors (Lipinski definition) is 1. The summed E-state index contributed by atoms with van der Waals surface area (Å²) in [6.07, 6.45) is 4.66. The Balaban J connectivity index is 2.08. The van der Waals surface area contributed by atoms with E-state index in [0.717, 1.165) is 49.0 Å². The molecular formula is C15H18O3. The fourth-order valence-corrected chi connectivity index (χ4v) is 3.13. The number of hydrogen-bond acceptors (Lipinski definition) is 2. The Morgan fingerprint density at radius 1 is 1.44 bits per heavy atom. The summed E-state index contributed by atoms with van der Waals surface area (Å²) in [6.45, 7) is 2.06. The fourth-order valence-electron chi connectivity index (χ4n) is 3.13. The molecule has 0 radical (unpaired) electrons. The molecule has 1 aliphatic heterocycles. The van der Waals surface area contributed by atoms with Gasteiger partial charge in [-0.05, 0) is 49.8 Å². The van der Waals surface area contributed by atoms with Gasteiger partial charge in [0.15, 0.2) is 0 Å². The second-order valence-corrected chi connectivity index (χ2v) is 5.49. The van der Waals surface area contributed by atoms with Crippen molar-refractivity contribution in [3.8, 4) is 5.75 Å². The summed E-state index contributed by atoms with van der Waals surface area (Å²) >= 11 is 0. The van der Waals surface area contributed by atoms with Gasteiger partial charge in [0.05, 0.1) is 11.5 Å². The van der Waals surface area contributed by atoms with Gasteiger partial charge in [-0.15, -0.1) is 0 Å². The number of aliphatic carboxylic acids is 1. The SMILES string of the molecule is CC1CCc2c(cccc2C2(C(=O)O)CCC2)O1. The van der Waals surface area contributed by atoms with Crippen molar-refractivity contribution in [3.05, 3.63) is 29.3 Å². The van der Waals surface area contributed by atoms with Crippen molar-refractivity contribution < 1.29 is 14.6 Å². The third-order valence-electron chi connectivity index (χ3n) is 4.39. The summed E-state index contributed by atoms with van der Waals surface area (Å²) in [4.78, 5) is 11.6. The quantitative estimate of drug-likeness (QED) is 0.872. The van der Waals surface area contributed by atoms with Gasteiger partial charge in [0.25, 0.3) is 0 Å². The molecule has 1 fully saturated rings. The van der Waals surface area contributed by atoms with Gasteiger partial charge in [-0.1, -0.05) is 18.6 Å². The summed E-state index contributed by atoms with van der Waals surface area (Å²) in [6, 6.07) is 5.86. The number of carboxylic acid groups (broad SMARTS) is 1. The van der Waals surface area contributed by atoms with Crippen LogP contribution in [0.4, 0.5) is 0 Å². The molecule has 1 heterocycles. The van der Waals surface area contributed by atoms with Gasteiger partial charge >= 0.3 is 5.97 Å². The van der Waals surface area contributed by atoms with E-state index in [4.69, 9.17) is 4.74 Å². The van der Waals surface area contributed by atoms with Crippen LogP contribution in [0.3, 0.4) is 0 Å². The third-order valence-corrected chi connectivity index (χ3v) is 4.39. The zero-order valence-corrected chi connectivity index (χ0v) is 10.6. The number of carboxylic acids is 1. The highest BCUT2D eigenvalue weighted by molar-refractivity contribution is 5.83. The average Bonchev–Trinajstić information content (AvgIpc) is 2.26. The molecule has 0 spiro atoms. The predicted molar refractivity (Wildman–Crippen MR) is 68.0 cm³/mol. The Bertz CT molecular complexity index is 489. The van der Waals surface area contributed by atoms with E-state index in [1.807, 2.05) is 18.2 Å². The molecule has 3 heteroatoms. The molecule has 0 saturated heterocycles. The smallest absolute Gasteiger partial charge is 0.314 e. The first kappa shape index (κ1) is 11.6. The first-order valence-electron chi connectivity index (χ1n) is 6.66. The molecule has 18 heavy (non-hydrogen) atoms. The summed E-state index contributed by atoms with van der Waals surface area (Å²) in [5.41, 5.74) is 1.47. The highest BCUT2D eigenvalue weighted by Gasteiger charge is 2.47. The first-order valence-corrected chi connectivity index (χ1v) is 6.66. The van der Waals surface area contributed by atoms with Crippen molar-refractivity contribution in [1.29, 1.82) is 0 Å². The molecule has 2 aliphatic rings. The maximum atomic E-state index is 11.6. The largest absolute Gasteiger partial charge is 0.490 e. The van der Waals surface area contributed by atoms with E-state index in [1.54, 1.807) is 0 Å². The van der Waals surface area contributed by atoms with Crippen LogP contribution in [0.5, 0.6) is 5.75 Å². The minimum Gasteiger partial charge on any atom is -0.490 e. The lowest BCUT2D eigenvalue weighted by molar-refractivity contribution is -0.147. The van der Waals surface area contributed by atoms with E-state index in [0.29, 0.717) is 0 Å². The van der Waals surface area contributed by atoms with E-state index in [9.17, 15) is 9.90 Å². The first-order chi connectivity index (χ1) is 8.63. The van der Waals surface area contributed by atoms with Crippen LogP contribution in [0.2, 0.25) is 0 Å². The summed E-state index contributed by atoms with van der Waals surface area (Å²) in [5.74, 6) is 0.208. The highest BCUT2D eigenvalue weighted by atomic mass is 16.5. The maximum Gasteiger partial charge on any atom is 0.314 e. The molecule has 1 atom stereocenters. The van der Waals surface area contributed by atoms with Crippen molar-refractivity contribution in [2.24, 2.45) is 0 Å². The molecule has 1 aromatic carbocycles. The van der Waals surface area contributed by atoms with Gasteiger partial charge in [-0.3, -0.25) is 4.79 Å². The van der Waals surface area contributed by atoms with E-state index in [-0.39, 0.29) is 6.10 Å². The number of rotatable bonds is 2. The van der Waals surface area contributed by atoms with E-state index < -0.39 is 11.4 Å². The highest BCUT2D eigenvalue weighted by Crippen LogP contribution is 2.47. The van der Waals surface area contributed by atoms with Crippen LogP contribution in [-0.4, -0.2) is 17.2 Å². The predicted octanol–water partition coefficient (Wildman–Crippen LogP) is 2.91. The molecule has 1 saturated carbocycles. The summed E-state index contributed by atoms with van der Waals surface area (Å²) in [5, 5.41) is 9.55. The monoisotopic (exact) mass is 246 g/mol. The second kappa shape index (κ2) is 4.01. The summed E-state index contributed by atoms with van der Waals surface area (Å²) in [7, 11) is 0. The van der Waals surface area contributed by atoms with Gasteiger partial charge in [-0.25, -0.2) is 0 Å². The van der Waals surface area contributed by atoms with Crippen LogP contribution >= 0.6 is 0 Å². The van der Waals surface area contributed by atoms with E-state index >= 15 is 0 Å². The van der Waals surface area contributed by atoms with Gasteiger partial charge in [0.1, 0.15) is 5.75 Å². The average molecular weight is 246 g/mol. The second-order valence-electron chi connectivity index (χ2n) is 5.49. The van der Waals surface area contributed by atoms with Gasteiger partial charge < -0.3 is 9.84 Å². The molecule has 0 aromatic heterocycles. The van der Waals surface area contributed by atoms with Crippen molar-refractivity contribution in [2.45, 2.75) is 50.5 Å². The molecule has 1 N–H and O–H groups in total. The van der Waals surface area contributed by atoms with Crippen molar-refractivity contribution >= 4 is 5.97 Å². The Kier molecular flexibility index (Phi) is 2.58. The lowest BCUT2D eigenvalue weighted by atomic mass is 9.63. The molecule has 1 aliphatic carbocycles. The van der Waals surface area contributed by atoms with Crippen LogP contribution < -0.4 is 4.74 Å². The van der Waals surface area contributed by atoms with Crippen LogP contribution in [0.25, 0.3) is 0 Å². The standard InChI is InChI=1S/C15H18O3/c1-10-6-7-11-12(4-2-5-13(11)18-10)15(14(16)17)8-3-9-15/h2,4-5,10H,3,6-9H2,1H3,(H,16,17). The summed E-state index contributed by atoms with van der Waals surface area (Å²) < 4.78 is 5.82. The lowest BCUT2D eigenvalue weighted by Gasteiger charge is -2.40. The van der Waals surface area contributed by atoms with Crippen molar-refractivity contribution in [2.75, 3.05) is 0 Å². The molecule has 3 nitrogen and oxygen atoms in total. The Labute approximate surface area is 107 Å². The number of fused-ring (bicyclic) bond motifs is 1. The lowest BCUT2D eigenvalue weighted by Crippen LogP contribution is -2.43. The molecule has 0 bridgehead atoms. The van der Waals surface area contributed by atoms with Crippen LogP contribution in [0.15, 0.2) is 18.2 Å². The topological polar surface area (TPSA) is 46.5 Å². The van der Waals surface area contributed by atoms with Crippen LogP contribution in [0, 0.1) is 0 Å². The molecule has 1 aromatic rings. The van der Waals surface area contributed by atoms with Gasteiger partial charge in [0.2, 0.25) is 0 Å². The van der Waals surface area contributed by atoms with E-state index in [1.165, 1.54) is 0 Å². The minimum atomic E-state index is -0.680. The normalized spacial score (nSPS) is 24.6. The number of benzene rings is 1. The number of ether oxygens (including phenoxy) is 1. The Morgan fingerprint density at radius 2 is 2.22 bits per heavy atom. The van der Waals surface area contributed by atoms with Crippen LogP contribution in [-0.2, 0) is 16.6 Å². The van der Waals surface area contributed by atoms with Crippen LogP contribution in [0.1, 0.15) is 43.7 Å². The molecule has 3 rings (SSSR count). The third kappa shape index (κ3) is 1.53. The van der Waals surface area contributed by atoms with E-state index in [2.05, 4.69) is 6.92 Å². The number of carbonyl (C=O) groups is 1. The zero-order chi connectivity index (χ0) is 12.8. The van der Waals surface area contributed by atoms with Crippen molar-refractivity contribution in [3.63, 3.8) is 0 Å². The van der Waals surface area contributed by atoms with Gasteiger partial charge in [0, 0.05) is 0 Å². The molecular weight excluding hydrogens is 228 g/mol. The minimum absolute atomic E-state index is 0.231. The van der Waals surface area contributed by atoms with Gasteiger partial charge in [-0.2, -0.15) is 0 Å². The molecule has 0 amide bonds. The molecule has 1 unspecified atom stereocenters. The zero-order valence-electron chi connectivity index (χ0n) is 10.6. The Morgan fingerprint density at radius 3 is 2.83 bits per heavy atom. The Hall–Kier alpha value is -1.51. The van der Waals surface area contributed by atoms with Crippen molar-refractivity contribution in [1.82, 2.24) is 0 Å².